The van der Waals surface area contributed by atoms with Crippen molar-refractivity contribution in [1.29, 1.82) is 0 Å². The molecular weight excluding hydrogens is 152 g/mol. The lowest BCUT2D eigenvalue weighted by molar-refractivity contribution is 0.117. The molecule has 0 unspecified atom stereocenters. The summed E-state index contributed by atoms with van der Waals surface area (Å²) in [4.78, 5) is 29.3. The maximum atomic E-state index is 7.33. The van der Waals surface area contributed by atoms with E-state index in [4.69, 9.17) is 19.2 Å². The maximum absolute atomic E-state index is 7.33. The smallest absolute Gasteiger partial charge is 0.368 e. The predicted molar refractivity (Wildman–Crippen MR) is 39.0 cm³/mol. The van der Waals surface area contributed by atoms with E-state index in [1.807, 2.05) is 6.92 Å². The Morgan fingerprint density at radius 1 is 1.22 bits per heavy atom. The number of rotatable bonds is 0. The van der Waals surface area contributed by atoms with Crippen LogP contribution in [0.25, 0.3) is 0 Å². The van der Waals surface area contributed by atoms with Crippen molar-refractivity contribution in [3.8, 4) is 0 Å². The Kier molecular flexibility index (Phi) is 15.5. The molecule has 0 aliphatic heterocycles. The molecule has 0 fully saturated rings. The molecule has 4 nitrogen and oxygen atoms in total. The molecule has 0 atom stereocenters. The van der Waals surface area contributed by atoms with Gasteiger partial charge in [0.1, 0.15) is 0 Å². The number of hydrogen-bond acceptors (Lipinski definition) is 4. The van der Waals surface area contributed by atoms with Crippen LogP contribution in [0.15, 0.2) is 12.7 Å². The Morgan fingerprint density at radius 2 is 1.22 bits per heavy atom. The van der Waals surface area contributed by atoms with Crippen LogP contribution in [0, 0.1) is 0 Å². The summed E-state index contributed by atoms with van der Waals surface area (Å²) in [7, 11) is -4.61. The zero-order valence-electron chi connectivity index (χ0n) is 4.57. The van der Waals surface area contributed by atoms with Gasteiger partial charge in [-0.15, -0.1) is 6.58 Å². The lowest BCUT2D eigenvalue weighted by Gasteiger charge is -1.91. The normalized spacial score (nSPS) is 8.11. The molecule has 0 aromatic rings. The first-order valence-electron chi connectivity index (χ1n) is 1.88. The third-order valence-electron chi connectivity index (χ3n) is 0. The molecule has 0 saturated carbocycles. The van der Waals surface area contributed by atoms with Gasteiger partial charge in [-0.2, -0.15) is 0 Å². The molecule has 54 valence electrons. The fourth-order valence-electron chi connectivity index (χ4n) is 0. The van der Waals surface area contributed by atoms with Gasteiger partial charge in [-0.05, 0) is 6.92 Å². The summed E-state index contributed by atoms with van der Waals surface area (Å²) in [6.45, 7) is 5.25. The third kappa shape index (κ3) is 1160. The van der Waals surface area contributed by atoms with Crippen LogP contribution in [0.3, 0.4) is 0 Å². The van der Waals surface area contributed by atoms with Crippen molar-refractivity contribution in [1.82, 2.24) is 0 Å². The van der Waals surface area contributed by atoms with E-state index in [1.165, 1.54) is 0 Å². The van der Waals surface area contributed by atoms with Gasteiger partial charge in [-0.3, -0.25) is 0 Å². The van der Waals surface area contributed by atoms with Crippen LogP contribution in [-0.4, -0.2) is 51.3 Å². The minimum Gasteiger partial charge on any atom is -0.368 e. The van der Waals surface area contributed by atoms with Crippen molar-refractivity contribution in [3.05, 3.63) is 12.7 Å². The van der Waals surface area contributed by atoms with Crippen LogP contribution in [0.5, 0.6) is 0 Å². The van der Waals surface area contributed by atoms with Gasteiger partial charge < -0.3 is 19.2 Å². The van der Waals surface area contributed by atoms with E-state index in [2.05, 4.69) is 6.58 Å². The van der Waals surface area contributed by atoms with E-state index in [0.29, 0.717) is 0 Å². The number of allylic oxidation sites excluding steroid dienone is 1. The van der Waals surface area contributed by atoms with Gasteiger partial charge >= 0.3 is 32.1 Å². The second-order valence-electron chi connectivity index (χ2n) is 1.01. The van der Waals surface area contributed by atoms with Gasteiger partial charge in [0.2, 0.25) is 0 Å². The fourth-order valence-corrected chi connectivity index (χ4v) is 0. The van der Waals surface area contributed by atoms with Gasteiger partial charge in [-0.25, -0.2) is 0 Å². The zero-order chi connectivity index (χ0) is 7.21. The second-order valence-corrected chi connectivity index (χ2v) is 2.21. The highest BCUT2D eigenvalue weighted by molar-refractivity contribution is 6.46. The first-order valence-corrected chi connectivity index (χ1v) is 3.67. The molecule has 0 heterocycles. The summed E-state index contributed by atoms with van der Waals surface area (Å²) in [5.41, 5.74) is 0. The van der Waals surface area contributed by atoms with Crippen molar-refractivity contribution in [2.75, 3.05) is 0 Å². The molecule has 0 aromatic heterocycles. The van der Waals surface area contributed by atoms with E-state index in [1.54, 1.807) is 6.08 Å². The Hall–Kier alpha value is 0.563. The Balaban J connectivity index is -0.0000000800. The monoisotopic (exact) mass is 164 g/mol. The average molecular weight is 165 g/mol. The average Bonchev–Trinajstić information content (AvgIpc) is 1.27. The SMILES string of the molecule is C=CC.O[Si](O)(O)O.[MgH2]. The summed E-state index contributed by atoms with van der Waals surface area (Å²) in [5, 5.41) is 0. The highest BCUT2D eigenvalue weighted by Crippen LogP contribution is 1.67. The van der Waals surface area contributed by atoms with Crippen molar-refractivity contribution in [2.24, 2.45) is 0 Å². The number of hydrogen-bond donors (Lipinski definition) is 4. The standard InChI is InChI=1S/C3H6.Mg.H4O4Si.2H/c1-3-2;;1-5(2,3)4;;/h3H,1H2,2H3;;1-4H;;. The minimum absolute atomic E-state index is 0. The molecule has 6 heteroatoms. The lowest BCUT2D eigenvalue weighted by Crippen LogP contribution is -2.33. The predicted octanol–water partition coefficient (Wildman–Crippen LogP) is -2.33. The summed E-state index contributed by atoms with van der Waals surface area (Å²) in [6, 6.07) is 0. The Morgan fingerprint density at radius 3 is 1.22 bits per heavy atom. The summed E-state index contributed by atoms with van der Waals surface area (Å²) < 4.78 is 0. The van der Waals surface area contributed by atoms with Crippen molar-refractivity contribution in [3.63, 3.8) is 0 Å². The lowest BCUT2D eigenvalue weighted by atomic mass is 10.8. The van der Waals surface area contributed by atoms with Crippen LogP contribution in [0.1, 0.15) is 6.92 Å². The summed E-state index contributed by atoms with van der Waals surface area (Å²) in [6.07, 6.45) is 1.75. The first kappa shape index (κ1) is 16.3. The van der Waals surface area contributed by atoms with Gasteiger partial charge in [0, 0.05) is 0 Å². The Bertz CT molecular complexity index is 55.3. The minimum atomic E-state index is -4.61. The van der Waals surface area contributed by atoms with Gasteiger partial charge in [0.25, 0.3) is 0 Å². The van der Waals surface area contributed by atoms with Crippen molar-refractivity contribution >= 4 is 32.1 Å². The molecule has 0 amide bonds. The molecule has 0 spiro atoms. The summed E-state index contributed by atoms with van der Waals surface area (Å²) >= 11 is 0. The first-order chi connectivity index (χ1) is 3.41. The van der Waals surface area contributed by atoms with Gasteiger partial charge in [-0.1, -0.05) is 6.08 Å². The molecule has 0 aliphatic carbocycles. The van der Waals surface area contributed by atoms with E-state index >= 15 is 0 Å². The fraction of sp³-hybridized carbons (Fsp3) is 0.333. The molecule has 9 heavy (non-hydrogen) atoms. The molecule has 0 saturated heterocycles. The van der Waals surface area contributed by atoms with E-state index in [9.17, 15) is 0 Å². The molecule has 0 rings (SSSR count). The van der Waals surface area contributed by atoms with Crippen LogP contribution >= 0.6 is 0 Å². The largest absolute Gasteiger partial charge is 0.668 e. The van der Waals surface area contributed by atoms with Crippen molar-refractivity contribution < 1.29 is 19.2 Å². The molecule has 0 aliphatic rings. The van der Waals surface area contributed by atoms with Crippen molar-refractivity contribution in [2.45, 2.75) is 6.92 Å². The van der Waals surface area contributed by atoms with Crippen LogP contribution in [0.2, 0.25) is 0 Å². The van der Waals surface area contributed by atoms with Gasteiger partial charge in [0.15, 0.2) is 0 Å². The topological polar surface area (TPSA) is 80.9 Å². The third-order valence-corrected chi connectivity index (χ3v) is 0. The highest BCUT2D eigenvalue weighted by atomic mass is 28.4. The highest BCUT2D eigenvalue weighted by Gasteiger charge is 2.22. The molecular formula is C3H12MgO4Si. The van der Waals surface area contributed by atoms with Crippen LogP contribution in [-0.2, 0) is 0 Å². The molecule has 0 radical (unpaired) electrons. The molecule has 0 aromatic carbocycles. The van der Waals surface area contributed by atoms with E-state index in [0.717, 1.165) is 0 Å². The van der Waals surface area contributed by atoms with Gasteiger partial charge in [0.05, 0.1) is 0 Å². The maximum Gasteiger partial charge on any atom is 0.668 e. The molecule has 0 bridgehead atoms. The summed E-state index contributed by atoms with van der Waals surface area (Å²) in [5.74, 6) is 0. The molecule has 4 N–H and O–H groups in total. The van der Waals surface area contributed by atoms with Crippen LogP contribution in [0.4, 0.5) is 0 Å². The van der Waals surface area contributed by atoms with E-state index < -0.39 is 9.05 Å². The second kappa shape index (κ2) is 8.56. The quantitative estimate of drug-likeness (QED) is 0.239. The van der Waals surface area contributed by atoms with Crippen LogP contribution < -0.4 is 0 Å². The van der Waals surface area contributed by atoms with E-state index in [-0.39, 0.29) is 23.1 Å². The zero-order valence-corrected chi connectivity index (χ0v) is 5.57. The Labute approximate surface area is 71.1 Å².